The Morgan fingerprint density at radius 3 is 2.47 bits per heavy atom. The average Bonchev–Trinajstić information content (AvgIpc) is 2.67. The van der Waals surface area contributed by atoms with E-state index in [1.165, 1.54) is 0 Å². The summed E-state index contributed by atoms with van der Waals surface area (Å²) in [6.45, 7) is 7.97. The predicted molar refractivity (Wildman–Crippen MR) is 76.5 cm³/mol. The van der Waals surface area contributed by atoms with Crippen LogP contribution in [0.4, 0.5) is 11.8 Å². The van der Waals surface area contributed by atoms with E-state index in [0.717, 1.165) is 28.6 Å². The fraction of sp³-hybridized carbons (Fsp3) is 0.429. The van der Waals surface area contributed by atoms with Crippen molar-refractivity contribution in [3.05, 3.63) is 34.9 Å². The SMILES string of the molecule is CNc1nc(C)cc(NC(C)c2cc(C)oc2C)n1. The molecule has 2 N–H and O–H groups in total. The predicted octanol–water partition coefficient (Wildman–Crippen LogP) is 3.21. The number of rotatable bonds is 4. The molecular formula is C14H20N4O. The van der Waals surface area contributed by atoms with Crippen molar-refractivity contribution in [2.45, 2.75) is 33.7 Å². The Bertz CT molecular complexity index is 577. The molecule has 2 heterocycles. The fourth-order valence-corrected chi connectivity index (χ4v) is 2.13. The minimum absolute atomic E-state index is 0.136. The fourth-order valence-electron chi connectivity index (χ4n) is 2.13. The maximum absolute atomic E-state index is 5.56. The molecule has 0 aliphatic heterocycles. The second-order valence-electron chi connectivity index (χ2n) is 4.70. The van der Waals surface area contributed by atoms with Gasteiger partial charge in [0.1, 0.15) is 17.3 Å². The van der Waals surface area contributed by atoms with E-state index in [1.54, 1.807) is 0 Å². The Morgan fingerprint density at radius 1 is 1.16 bits per heavy atom. The Labute approximate surface area is 113 Å². The third-order valence-corrected chi connectivity index (χ3v) is 2.99. The highest BCUT2D eigenvalue weighted by molar-refractivity contribution is 5.44. The first kappa shape index (κ1) is 13.4. The first-order chi connectivity index (χ1) is 8.99. The van der Waals surface area contributed by atoms with E-state index in [9.17, 15) is 0 Å². The maximum atomic E-state index is 5.56. The molecule has 1 unspecified atom stereocenters. The molecule has 5 nitrogen and oxygen atoms in total. The lowest BCUT2D eigenvalue weighted by molar-refractivity contribution is 0.500. The number of aryl methyl sites for hydroxylation is 3. The summed E-state index contributed by atoms with van der Waals surface area (Å²) >= 11 is 0. The minimum Gasteiger partial charge on any atom is -0.466 e. The van der Waals surface area contributed by atoms with E-state index in [0.29, 0.717) is 5.95 Å². The molecule has 2 rings (SSSR count). The molecule has 2 aromatic heterocycles. The third-order valence-electron chi connectivity index (χ3n) is 2.99. The summed E-state index contributed by atoms with van der Waals surface area (Å²) in [5, 5.41) is 6.33. The first-order valence-corrected chi connectivity index (χ1v) is 6.36. The molecule has 1 atom stereocenters. The van der Waals surface area contributed by atoms with Crippen LogP contribution in [0.3, 0.4) is 0 Å². The van der Waals surface area contributed by atoms with Crippen LogP contribution >= 0.6 is 0 Å². The topological polar surface area (TPSA) is 63.0 Å². The van der Waals surface area contributed by atoms with Gasteiger partial charge < -0.3 is 15.1 Å². The third kappa shape index (κ3) is 3.05. The molecular weight excluding hydrogens is 240 g/mol. The Morgan fingerprint density at radius 2 is 1.89 bits per heavy atom. The van der Waals surface area contributed by atoms with Crippen LogP contribution in [-0.2, 0) is 0 Å². The van der Waals surface area contributed by atoms with Crippen molar-refractivity contribution in [2.75, 3.05) is 17.7 Å². The van der Waals surface area contributed by atoms with Crippen molar-refractivity contribution in [2.24, 2.45) is 0 Å². The van der Waals surface area contributed by atoms with Gasteiger partial charge in [0.15, 0.2) is 0 Å². The zero-order valence-electron chi connectivity index (χ0n) is 12.0. The summed E-state index contributed by atoms with van der Waals surface area (Å²) in [6.07, 6.45) is 0. The molecule has 0 aromatic carbocycles. The summed E-state index contributed by atoms with van der Waals surface area (Å²) in [5.41, 5.74) is 2.08. The summed E-state index contributed by atoms with van der Waals surface area (Å²) in [4.78, 5) is 8.66. The van der Waals surface area contributed by atoms with Gasteiger partial charge in [0.05, 0.1) is 6.04 Å². The van der Waals surface area contributed by atoms with Crippen molar-refractivity contribution in [3.63, 3.8) is 0 Å². The molecule has 0 bridgehead atoms. The van der Waals surface area contributed by atoms with Crippen LogP contribution in [-0.4, -0.2) is 17.0 Å². The van der Waals surface area contributed by atoms with Gasteiger partial charge in [0, 0.05) is 24.4 Å². The number of nitrogens with zero attached hydrogens (tertiary/aromatic N) is 2. The number of furan rings is 1. The van der Waals surface area contributed by atoms with Crippen molar-refractivity contribution in [3.8, 4) is 0 Å². The van der Waals surface area contributed by atoms with Crippen LogP contribution < -0.4 is 10.6 Å². The van der Waals surface area contributed by atoms with Crippen molar-refractivity contribution in [1.29, 1.82) is 0 Å². The largest absolute Gasteiger partial charge is 0.466 e. The highest BCUT2D eigenvalue weighted by atomic mass is 16.3. The zero-order chi connectivity index (χ0) is 14.0. The van der Waals surface area contributed by atoms with Gasteiger partial charge in [-0.1, -0.05) is 0 Å². The van der Waals surface area contributed by atoms with Gasteiger partial charge in [-0.05, 0) is 33.8 Å². The van der Waals surface area contributed by atoms with Crippen LogP contribution in [0.25, 0.3) is 0 Å². The van der Waals surface area contributed by atoms with E-state index in [-0.39, 0.29) is 6.04 Å². The normalized spacial score (nSPS) is 12.3. The first-order valence-electron chi connectivity index (χ1n) is 6.36. The van der Waals surface area contributed by atoms with Crippen LogP contribution in [0.2, 0.25) is 0 Å². The molecule has 5 heteroatoms. The summed E-state index contributed by atoms with van der Waals surface area (Å²) < 4.78 is 5.56. The molecule has 0 amide bonds. The van der Waals surface area contributed by atoms with Gasteiger partial charge in [0.2, 0.25) is 5.95 Å². The number of aromatic nitrogens is 2. The second kappa shape index (κ2) is 5.30. The molecule has 0 radical (unpaired) electrons. The van der Waals surface area contributed by atoms with Crippen molar-refractivity contribution >= 4 is 11.8 Å². The summed E-state index contributed by atoms with van der Waals surface area (Å²) in [7, 11) is 1.81. The van der Waals surface area contributed by atoms with Gasteiger partial charge >= 0.3 is 0 Å². The number of anilines is 2. The molecule has 102 valence electrons. The average molecular weight is 260 g/mol. The molecule has 0 spiro atoms. The van der Waals surface area contributed by atoms with E-state index in [2.05, 4.69) is 33.6 Å². The van der Waals surface area contributed by atoms with Crippen LogP contribution in [0.5, 0.6) is 0 Å². The van der Waals surface area contributed by atoms with Gasteiger partial charge in [-0.2, -0.15) is 4.98 Å². The highest BCUT2D eigenvalue weighted by Crippen LogP contribution is 2.24. The molecule has 19 heavy (non-hydrogen) atoms. The molecule has 0 saturated heterocycles. The Kier molecular flexibility index (Phi) is 3.74. The van der Waals surface area contributed by atoms with Gasteiger partial charge in [-0.25, -0.2) is 4.98 Å². The lowest BCUT2D eigenvalue weighted by atomic mass is 10.1. The Balaban J connectivity index is 2.21. The van der Waals surface area contributed by atoms with E-state index < -0.39 is 0 Å². The summed E-state index contributed by atoms with van der Waals surface area (Å²) in [5.74, 6) is 3.30. The molecule has 0 aliphatic rings. The second-order valence-corrected chi connectivity index (χ2v) is 4.70. The van der Waals surface area contributed by atoms with E-state index in [1.807, 2.05) is 33.9 Å². The summed E-state index contributed by atoms with van der Waals surface area (Å²) in [6, 6.07) is 4.12. The smallest absolute Gasteiger partial charge is 0.224 e. The minimum atomic E-state index is 0.136. The van der Waals surface area contributed by atoms with Crippen LogP contribution in [0, 0.1) is 20.8 Å². The van der Waals surface area contributed by atoms with Crippen molar-refractivity contribution in [1.82, 2.24) is 9.97 Å². The standard InChI is InChI=1S/C14H20N4O/c1-8-6-13(18-14(15-5)16-8)17-10(3)12-7-9(2)19-11(12)4/h6-7,10H,1-5H3,(H2,15,16,17,18). The molecule has 0 fully saturated rings. The van der Waals surface area contributed by atoms with Gasteiger partial charge in [-0.3, -0.25) is 0 Å². The van der Waals surface area contributed by atoms with Crippen LogP contribution in [0.1, 0.15) is 35.7 Å². The number of hydrogen-bond acceptors (Lipinski definition) is 5. The quantitative estimate of drug-likeness (QED) is 0.883. The number of nitrogens with one attached hydrogen (secondary N) is 2. The molecule has 0 aliphatic carbocycles. The van der Waals surface area contributed by atoms with Gasteiger partial charge in [-0.15, -0.1) is 0 Å². The monoisotopic (exact) mass is 260 g/mol. The highest BCUT2D eigenvalue weighted by Gasteiger charge is 2.13. The molecule has 2 aromatic rings. The van der Waals surface area contributed by atoms with E-state index in [4.69, 9.17) is 4.42 Å². The zero-order valence-corrected chi connectivity index (χ0v) is 12.0. The Hall–Kier alpha value is -2.04. The van der Waals surface area contributed by atoms with E-state index >= 15 is 0 Å². The lowest BCUT2D eigenvalue weighted by Gasteiger charge is -2.14. The lowest BCUT2D eigenvalue weighted by Crippen LogP contribution is -2.10. The van der Waals surface area contributed by atoms with Crippen LogP contribution in [0.15, 0.2) is 16.5 Å². The van der Waals surface area contributed by atoms with Gasteiger partial charge in [0.25, 0.3) is 0 Å². The van der Waals surface area contributed by atoms with Crippen molar-refractivity contribution < 1.29 is 4.42 Å². The number of hydrogen-bond donors (Lipinski definition) is 2. The maximum Gasteiger partial charge on any atom is 0.224 e. The molecule has 0 saturated carbocycles.